The van der Waals surface area contributed by atoms with E-state index in [0.29, 0.717) is 0 Å². The Balaban J connectivity index is 3.60. The predicted octanol–water partition coefficient (Wildman–Crippen LogP) is -1.90. The molecule has 0 aromatic carbocycles. The third-order valence-corrected chi connectivity index (χ3v) is 3.15. The van der Waals surface area contributed by atoms with Gasteiger partial charge in [0.25, 0.3) is 20.2 Å². The lowest BCUT2D eigenvalue weighted by Gasteiger charge is -2.09. The fraction of sp³-hybridized carbons (Fsp3) is 1.00. The summed E-state index contributed by atoms with van der Waals surface area (Å²) in [6, 6.07) is 0. The smallest absolute Gasteiger partial charge is 0.267 e. The van der Waals surface area contributed by atoms with Crippen LogP contribution in [0.1, 0.15) is 6.42 Å². The van der Waals surface area contributed by atoms with E-state index in [-0.39, 0.29) is 19.5 Å². The zero-order chi connectivity index (χ0) is 12.8. The first kappa shape index (κ1) is 15.7. The van der Waals surface area contributed by atoms with Crippen LogP contribution in [-0.2, 0) is 20.2 Å². The molecule has 0 fully saturated rings. The molecule has 16 heavy (non-hydrogen) atoms. The fourth-order valence-corrected chi connectivity index (χ4v) is 2.06. The Bertz CT molecular complexity index is 387. The SMILES string of the molecule is O=S(=O)(O)CCCNCC(O)CS(=O)(=O)O. The zero-order valence-corrected chi connectivity index (χ0v) is 10.0. The molecule has 0 aliphatic rings. The van der Waals surface area contributed by atoms with E-state index in [1.807, 2.05) is 0 Å². The van der Waals surface area contributed by atoms with Crippen molar-refractivity contribution in [3.8, 4) is 0 Å². The minimum atomic E-state index is -4.22. The zero-order valence-electron chi connectivity index (χ0n) is 8.40. The van der Waals surface area contributed by atoms with E-state index in [1.165, 1.54) is 0 Å². The Kier molecular flexibility index (Phi) is 6.36. The fourth-order valence-electron chi connectivity index (χ4n) is 0.950. The number of hydrogen-bond donors (Lipinski definition) is 4. The van der Waals surface area contributed by atoms with Crippen molar-refractivity contribution in [1.29, 1.82) is 0 Å². The van der Waals surface area contributed by atoms with Crippen LogP contribution in [0.25, 0.3) is 0 Å². The summed E-state index contributed by atoms with van der Waals surface area (Å²) in [5, 5.41) is 11.7. The molecule has 1 unspecified atom stereocenters. The van der Waals surface area contributed by atoms with Crippen molar-refractivity contribution < 1.29 is 31.0 Å². The Morgan fingerprint density at radius 1 is 1.06 bits per heavy atom. The Morgan fingerprint density at radius 3 is 2.06 bits per heavy atom. The van der Waals surface area contributed by atoms with Gasteiger partial charge in [0.2, 0.25) is 0 Å². The highest BCUT2D eigenvalue weighted by atomic mass is 32.2. The Morgan fingerprint density at radius 2 is 1.62 bits per heavy atom. The number of nitrogens with one attached hydrogen (secondary N) is 1. The van der Waals surface area contributed by atoms with Gasteiger partial charge in [-0.3, -0.25) is 9.11 Å². The van der Waals surface area contributed by atoms with Crippen molar-refractivity contribution in [1.82, 2.24) is 5.32 Å². The van der Waals surface area contributed by atoms with Crippen molar-refractivity contribution in [3.63, 3.8) is 0 Å². The summed E-state index contributed by atoms with van der Waals surface area (Å²) in [5.74, 6) is -1.19. The molecule has 4 N–H and O–H groups in total. The largest absolute Gasteiger partial charge is 0.391 e. The first-order valence-corrected chi connectivity index (χ1v) is 7.61. The number of aliphatic hydroxyl groups excluding tert-OH is 1. The third-order valence-electron chi connectivity index (χ3n) is 1.54. The second-order valence-corrected chi connectivity index (χ2v) is 6.32. The van der Waals surface area contributed by atoms with Crippen LogP contribution in [0.15, 0.2) is 0 Å². The molecule has 0 saturated carbocycles. The summed E-state index contributed by atoms with van der Waals surface area (Å²) in [4.78, 5) is 0. The standard InChI is InChI=1S/C6H15NO7S2/c8-6(5-16(12,13)14)4-7-2-1-3-15(9,10)11/h6-8H,1-5H2,(H,9,10,11)(H,12,13,14). The second kappa shape index (κ2) is 6.47. The summed E-state index contributed by atoms with van der Waals surface area (Å²) in [7, 11) is -8.21. The molecule has 0 heterocycles. The van der Waals surface area contributed by atoms with Gasteiger partial charge in [0.15, 0.2) is 0 Å². The van der Waals surface area contributed by atoms with Crippen LogP contribution >= 0.6 is 0 Å². The van der Waals surface area contributed by atoms with Crippen LogP contribution in [0.2, 0.25) is 0 Å². The van der Waals surface area contributed by atoms with Gasteiger partial charge in [-0.15, -0.1) is 0 Å². The van der Waals surface area contributed by atoms with E-state index in [9.17, 15) is 16.8 Å². The maximum atomic E-state index is 10.3. The van der Waals surface area contributed by atoms with Crippen LogP contribution in [0.4, 0.5) is 0 Å². The van der Waals surface area contributed by atoms with Crippen LogP contribution in [0.5, 0.6) is 0 Å². The number of aliphatic hydroxyl groups is 1. The molecule has 0 radical (unpaired) electrons. The van der Waals surface area contributed by atoms with Crippen molar-refractivity contribution in [2.75, 3.05) is 24.6 Å². The molecule has 98 valence electrons. The minimum Gasteiger partial charge on any atom is -0.391 e. The maximum Gasteiger partial charge on any atom is 0.267 e. The van der Waals surface area contributed by atoms with Crippen molar-refractivity contribution in [2.24, 2.45) is 0 Å². The lowest BCUT2D eigenvalue weighted by molar-refractivity contribution is 0.191. The lowest BCUT2D eigenvalue weighted by atomic mass is 10.4. The molecule has 0 rings (SSSR count). The van der Waals surface area contributed by atoms with Crippen molar-refractivity contribution in [3.05, 3.63) is 0 Å². The quantitative estimate of drug-likeness (QED) is 0.298. The highest BCUT2D eigenvalue weighted by Crippen LogP contribution is 1.90. The summed E-state index contributed by atoms with van der Waals surface area (Å²) < 4.78 is 57.9. The summed E-state index contributed by atoms with van der Waals surface area (Å²) >= 11 is 0. The molecule has 0 amide bonds. The maximum absolute atomic E-state index is 10.3. The predicted molar refractivity (Wildman–Crippen MR) is 56.3 cm³/mol. The van der Waals surface area contributed by atoms with Gasteiger partial charge in [0, 0.05) is 6.54 Å². The van der Waals surface area contributed by atoms with Crippen LogP contribution in [0, 0.1) is 0 Å². The third kappa shape index (κ3) is 11.8. The topological polar surface area (TPSA) is 141 Å². The van der Waals surface area contributed by atoms with Gasteiger partial charge in [-0.2, -0.15) is 16.8 Å². The van der Waals surface area contributed by atoms with Gasteiger partial charge in [0.1, 0.15) is 5.75 Å². The molecule has 0 saturated heterocycles. The summed E-state index contributed by atoms with van der Waals surface area (Å²) in [6.07, 6.45) is -1.13. The highest BCUT2D eigenvalue weighted by Gasteiger charge is 2.13. The van der Waals surface area contributed by atoms with Crippen LogP contribution in [-0.4, -0.2) is 61.7 Å². The molecule has 0 aliphatic carbocycles. The molecular weight excluding hydrogens is 262 g/mol. The van der Waals surface area contributed by atoms with Gasteiger partial charge >= 0.3 is 0 Å². The molecule has 0 bridgehead atoms. The minimum absolute atomic E-state index is 0.0920. The first-order chi connectivity index (χ1) is 7.10. The average Bonchev–Trinajstić information content (AvgIpc) is 1.97. The summed E-state index contributed by atoms with van der Waals surface area (Å²) in [6.45, 7) is 0.105. The van der Waals surface area contributed by atoms with Gasteiger partial charge in [-0.05, 0) is 13.0 Å². The second-order valence-electron chi connectivity index (χ2n) is 3.25. The monoisotopic (exact) mass is 277 g/mol. The first-order valence-electron chi connectivity index (χ1n) is 4.39. The van der Waals surface area contributed by atoms with Crippen molar-refractivity contribution in [2.45, 2.75) is 12.5 Å². The average molecular weight is 277 g/mol. The van der Waals surface area contributed by atoms with Gasteiger partial charge in [0.05, 0.1) is 11.9 Å². The Labute approximate surface area is 94.2 Å². The van der Waals surface area contributed by atoms with E-state index in [4.69, 9.17) is 14.2 Å². The molecule has 0 aromatic heterocycles. The van der Waals surface area contributed by atoms with E-state index >= 15 is 0 Å². The molecule has 8 nitrogen and oxygen atoms in total. The number of hydrogen-bond acceptors (Lipinski definition) is 6. The molecule has 0 aromatic rings. The normalized spacial score (nSPS) is 14.9. The van der Waals surface area contributed by atoms with E-state index in [1.54, 1.807) is 0 Å². The molecule has 10 heteroatoms. The molecule has 1 atom stereocenters. The van der Waals surface area contributed by atoms with E-state index < -0.39 is 37.8 Å². The molecule has 0 aliphatic heterocycles. The number of rotatable bonds is 8. The van der Waals surface area contributed by atoms with Gasteiger partial charge < -0.3 is 10.4 Å². The molecular formula is C6H15NO7S2. The highest BCUT2D eigenvalue weighted by molar-refractivity contribution is 7.86. The summed E-state index contributed by atoms with van der Waals surface area (Å²) in [5.41, 5.74) is 0. The van der Waals surface area contributed by atoms with Crippen molar-refractivity contribution >= 4 is 20.2 Å². The van der Waals surface area contributed by atoms with Crippen LogP contribution in [0.3, 0.4) is 0 Å². The van der Waals surface area contributed by atoms with E-state index in [2.05, 4.69) is 5.32 Å². The van der Waals surface area contributed by atoms with Crippen LogP contribution < -0.4 is 5.32 Å². The lowest BCUT2D eigenvalue weighted by Crippen LogP contribution is -2.33. The van der Waals surface area contributed by atoms with Gasteiger partial charge in [-0.25, -0.2) is 0 Å². The van der Waals surface area contributed by atoms with E-state index in [0.717, 1.165) is 0 Å². The molecule has 0 spiro atoms. The Hall–Kier alpha value is -0.260. The van der Waals surface area contributed by atoms with Gasteiger partial charge in [-0.1, -0.05) is 0 Å².